The third-order valence-electron chi connectivity index (χ3n) is 6.19. The Labute approximate surface area is 176 Å². The van der Waals surface area contributed by atoms with E-state index in [0.717, 1.165) is 37.6 Å². The van der Waals surface area contributed by atoms with Gasteiger partial charge in [-0.05, 0) is 69.5 Å². The van der Waals surface area contributed by atoms with Crippen LogP contribution >= 0.6 is 0 Å². The molecular weight excluding hydrogens is 374 g/mol. The van der Waals surface area contributed by atoms with Crippen molar-refractivity contribution in [1.29, 1.82) is 0 Å². The lowest BCUT2D eigenvalue weighted by molar-refractivity contribution is 0.0752. The number of piperidine rings is 1. The molecule has 1 saturated heterocycles. The van der Waals surface area contributed by atoms with E-state index in [2.05, 4.69) is 70.4 Å². The number of aryl methyl sites for hydroxylation is 2. The maximum absolute atomic E-state index is 6.03. The molecule has 2 aromatic carbocycles. The second kappa shape index (κ2) is 8.20. The molecule has 1 unspecified atom stereocenters. The van der Waals surface area contributed by atoms with Crippen molar-refractivity contribution in [2.24, 2.45) is 5.92 Å². The summed E-state index contributed by atoms with van der Waals surface area (Å²) in [4.78, 5) is 0. The maximum Gasteiger partial charge on any atom is 0.0905 e. The second-order valence-corrected chi connectivity index (χ2v) is 8.33. The van der Waals surface area contributed by atoms with Crippen molar-refractivity contribution in [3.05, 3.63) is 53.9 Å². The van der Waals surface area contributed by atoms with Gasteiger partial charge in [0, 0.05) is 34.9 Å². The van der Waals surface area contributed by atoms with E-state index in [9.17, 15) is 0 Å². The van der Waals surface area contributed by atoms with Crippen molar-refractivity contribution >= 4 is 21.8 Å². The minimum Gasteiger partial charge on any atom is -0.375 e. The molecule has 1 atom stereocenters. The minimum absolute atomic E-state index is 0.525. The highest BCUT2D eigenvalue weighted by Gasteiger charge is 2.15. The molecule has 0 amide bonds. The van der Waals surface area contributed by atoms with Crippen molar-refractivity contribution in [2.45, 2.75) is 39.8 Å². The lowest BCUT2D eigenvalue weighted by atomic mass is 10.0. The fraction of sp³-hybridized carbons (Fsp3) is 0.417. The van der Waals surface area contributed by atoms with Gasteiger partial charge in [-0.1, -0.05) is 16.8 Å². The van der Waals surface area contributed by atoms with E-state index in [1.54, 1.807) is 0 Å². The molecular formula is C24H29N5O. The first kappa shape index (κ1) is 19.3. The Bertz CT molecular complexity index is 1170. The van der Waals surface area contributed by atoms with Crippen molar-refractivity contribution in [3.8, 4) is 5.69 Å². The second-order valence-electron chi connectivity index (χ2n) is 8.33. The van der Waals surface area contributed by atoms with Crippen LogP contribution in [0.15, 0.2) is 42.6 Å². The minimum atomic E-state index is 0.525. The summed E-state index contributed by atoms with van der Waals surface area (Å²) >= 11 is 0. The van der Waals surface area contributed by atoms with Crippen LogP contribution < -0.4 is 5.32 Å². The molecule has 0 bridgehead atoms. The Morgan fingerprint density at radius 3 is 2.77 bits per heavy atom. The molecule has 5 rings (SSSR count). The standard InChI is InChI=1S/C24H29N5O/c1-3-28-23-8-6-17(2)11-21(23)22-12-19(7-9-24(22)28)29-20(14-26-27-29)16-30-15-18-5-4-10-25-13-18/h6-9,11-12,14,18,25H,3-5,10,13,15-16H2,1-2H3. The smallest absolute Gasteiger partial charge is 0.0905 e. The van der Waals surface area contributed by atoms with Gasteiger partial charge in [-0.3, -0.25) is 0 Å². The first-order chi connectivity index (χ1) is 14.7. The van der Waals surface area contributed by atoms with Gasteiger partial charge < -0.3 is 14.6 Å². The molecule has 1 aliphatic rings. The van der Waals surface area contributed by atoms with Crippen LogP contribution in [-0.4, -0.2) is 39.3 Å². The van der Waals surface area contributed by atoms with Crippen molar-refractivity contribution in [3.63, 3.8) is 0 Å². The molecule has 0 aliphatic carbocycles. The van der Waals surface area contributed by atoms with Crippen LogP contribution in [0.25, 0.3) is 27.5 Å². The Morgan fingerprint density at radius 2 is 1.97 bits per heavy atom. The Kier molecular flexibility index (Phi) is 5.27. The number of hydrogen-bond donors (Lipinski definition) is 1. The molecule has 1 aliphatic heterocycles. The molecule has 0 radical (unpaired) electrons. The van der Waals surface area contributed by atoms with E-state index in [4.69, 9.17) is 4.74 Å². The number of rotatable bonds is 6. The topological polar surface area (TPSA) is 56.9 Å². The number of nitrogens with zero attached hydrogens (tertiary/aromatic N) is 4. The molecule has 1 fully saturated rings. The summed E-state index contributed by atoms with van der Waals surface area (Å²) in [5, 5.41) is 14.5. The molecule has 30 heavy (non-hydrogen) atoms. The van der Waals surface area contributed by atoms with E-state index in [1.165, 1.54) is 40.2 Å². The molecule has 0 spiro atoms. The summed E-state index contributed by atoms with van der Waals surface area (Å²) in [6, 6.07) is 13.2. The Balaban J connectivity index is 1.45. The molecule has 156 valence electrons. The molecule has 2 aromatic heterocycles. The van der Waals surface area contributed by atoms with Crippen LogP contribution in [0.3, 0.4) is 0 Å². The highest BCUT2D eigenvalue weighted by Crippen LogP contribution is 2.31. The fourth-order valence-electron chi connectivity index (χ4n) is 4.65. The zero-order chi connectivity index (χ0) is 20.5. The van der Waals surface area contributed by atoms with Crippen LogP contribution in [-0.2, 0) is 17.9 Å². The van der Waals surface area contributed by atoms with Gasteiger partial charge in [0.1, 0.15) is 0 Å². The van der Waals surface area contributed by atoms with Crippen LogP contribution in [0.2, 0.25) is 0 Å². The third-order valence-corrected chi connectivity index (χ3v) is 6.19. The largest absolute Gasteiger partial charge is 0.375 e. The molecule has 3 heterocycles. The summed E-state index contributed by atoms with van der Waals surface area (Å²) in [7, 11) is 0. The number of benzene rings is 2. The zero-order valence-corrected chi connectivity index (χ0v) is 17.8. The average Bonchev–Trinajstić information content (AvgIpc) is 3.36. The van der Waals surface area contributed by atoms with Gasteiger partial charge in [-0.15, -0.1) is 5.10 Å². The van der Waals surface area contributed by atoms with Gasteiger partial charge in [0.05, 0.1) is 30.8 Å². The SMILES string of the molecule is CCn1c2ccc(C)cc2c2cc(-n3nncc3COCC3CCCNC3)ccc21. The molecule has 6 heteroatoms. The number of aromatic nitrogens is 4. The summed E-state index contributed by atoms with van der Waals surface area (Å²) in [6.07, 6.45) is 4.28. The summed E-state index contributed by atoms with van der Waals surface area (Å²) in [6.45, 7) is 8.77. The van der Waals surface area contributed by atoms with Crippen LogP contribution in [0.5, 0.6) is 0 Å². The molecule has 4 aromatic rings. The van der Waals surface area contributed by atoms with Crippen molar-refractivity contribution < 1.29 is 4.74 Å². The van der Waals surface area contributed by atoms with Gasteiger partial charge >= 0.3 is 0 Å². The van der Waals surface area contributed by atoms with E-state index in [1.807, 2.05) is 10.9 Å². The van der Waals surface area contributed by atoms with Gasteiger partial charge in [-0.2, -0.15) is 0 Å². The Hall–Kier alpha value is -2.70. The molecule has 1 N–H and O–H groups in total. The van der Waals surface area contributed by atoms with Crippen LogP contribution in [0.4, 0.5) is 0 Å². The lowest BCUT2D eigenvalue weighted by Crippen LogP contribution is -2.32. The van der Waals surface area contributed by atoms with Gasteiger partial charge in [0.15, 0.2) is 0 Å². The first-order valence-electron chi connectivity index (χ1n) is 11.0. The third kappa shape index (κ3) is 3.50. The normalized spacial score (nSPS) is 17.2. The highest BCUT2D eigenvalue weighted by molar-refractivity contribution is 6.08. The van der Waals surface area contributed by atoms with E-state index < -0.39 is 0 Å². The average molecular weight is 404 g/mol. The van der Waals surface area contributed by atoms with Gasteiger partial charge in [0.25, 0.3) is 0 Å². The summed E-state index contributed by atoms with van der Waals surface area (Å²) < 4.78 is 10.3. The predicted octanol–water partition coefficient (Wildman–Crippen LogP) is 4.22. The van der Waals surface area contributed by atoms with E-state index in [0.29, 0.717) is 12.5 Å². The van der Waals surface area contributed by atoms with E-state index >= 15 is 0 Å². The summed E-state index contributed by atoms with van der Waals surface area (Å²) in [5.41, 5.74) is 5.81. The molecule has 6 nitrogen and oxygen atoms in total. The van der Waals surface area contributed by atoms with Gasteiger partial charge in [-0.25, -0.2) is 4.68 Å². The van der Waals surface area contributed by atoms with Gasteiger partial charge in [0.2, 0.25) is 0 Å². The quantitative estimate of drug-likeness (QED) is 0.524. The number of fused-ring (bicyclic) bond motifs is 3. The van der Waals surface area contributed by atoms with Crippen LogP contribution in [0.1, 0.15) is 31.0 Å². The highest BCUT2D eigenvalue weighted by atomic mass is 16.5. The monoisotopic (exact) mass is 403 g/mol. The fourth-order valence-corrected chi connectivity index (χ4v) is 4.65. The first-order valence-corrected chi connectivity index (χ1v) is 11.0. The maximum atomic E-state index is 6.03. The van der Waals surface area contributed by atoms with Crippen molar-refractivity contribution in [1.82, 2.24) is 24.9 Å². The van der Waals surface area contributed by atoms with Crippen molar-refractivity contribution in [2.75, 3.05) is 19.7 Å². The molecule has 0 saturated carbocycles. The summed E-state index contributed by atoms with van der Waals surface area (Å²) in [5.74, 6) is 0.600. The van der Waals surface area contributed by atoms with E-state index in [-0.39, 0.29) is 0 Å². The van der Waals surface area contributed by atoms with Crippen LogP contribution in [0, 0.1) is 12.8 Å². The number of hydrogen-bond acceptors (Lipinski definition) is 4. The Morgan fingerprint density at radius 1 is 1.13 bits per heavy atom. The predicted molar refractivity (Wildman–Crippen MR) is 120 cm³/mol. The number of ether oxygens (including phenoxy) is 1. The number of nitrogens with one attached hydrogen (secondary N) is 1. The zero-order valence-electron chi connectivity index (χ0n) is 17.8. The lowest BCUT2D eigenvalue weighted by Gasteiger charge is -2.22.